The normalized spacial score (nSPS) is 12.8. The van der Waals surface area contributed by atoms with Crippen molar-refractivity contribution in [3.8, 4) is 17.1 Å². The fraction of sp³-hybridized carbons (Fsp3) is 0.176. The van der Waals surface area contributed by atoms with Gasteiger partial charge in [-0.15, -0.1) is 0 Å². The SMILES string of the molecule is COc1ccc(CN(Cc2cnc(-c3ccccc3)n2C2Cc3ccccc3C2)C(=O)c2ccccc2Cl)cc1. The molecule has 0 saturated carbocycles. The van der Waals surface area contributed by atoms with Crippen molar-refractivity contribution in [2.75, 3.05) is 7.11 Å². The van der Waals surface area contributed by atoms with E-state index in [0.29, 0.717) is 23.7 Å². The number of hydrogen-bond donors (Lipinski definition) is 0. The van der Waals surface area contributed by atoms with Crippen molar-refractivity contribution in [1.82, 2.24) is 14.5 Å². The maximum absolute atomic E-state index is 14.0. The molecule has 0 atom stereocenters. The predicted octanol–water partition coefficient (Wildman–Crippen LogP) is 7.39. The van der Waals surface area contributed by atoms with Crippen molar-refractivity contribution in [2.45, 2.75) is 32.0 Å². The van der Waals surface area contributed by atoms with Gasteiger partial charge in [0.15, 0.2) is 0 Å². The maximum atomic E-state index is 14.0. The molecule has 0 radical (unpaired) electrons. The summed E-state index contributed by atoms with van der Waals surface area (Å²) in [6, 6.07) is 34.2. The molecule has 1 heterocycles. The summed E-state index contributed by atoms with van der Waals surface area (Å²) in [5.41, 5.74) is 6.28. The summed E-state index contributed by atoms with van der Waals surface area (Å²) in [5.74, 6) is 1.58. The Kier molecular flexibility index (Phi) is 7.39. The Morgan fingerprint density at radius 1 is 0.875 bits per heavy atom. The molecule has 6 rings (SSSR count). The summed E-state index contributed by atoms with van der Waals surface area (Å²) in [7, 11) is 1.65. The Hall–Kier alpha value is -4.35. The zero-order chi connectivity index (χ0) is 27.5. The molecule has 0 unspecified atom stereocenters. The van der Waals surface area contributed by atoms with Crippen molar-refractivity contribution in [3.05, 3.63) is 142 Å². The Labute approximate surface area is 239 Å². The van der Waals surface area contributed by atoms with Gasteiger partial charge in [0.05, 0.1) is 36.1 Å². The molecule has 5 nitrogen and oxygen atoms in total. The molecule has 0 spiro atoms. The first-order valence-corrected chi connectivity index (χ1v) is 13.8. The number of fused-ring (bicyclic) bond motifs is 1. The Morgan fingerprint density at radius 3 is 2.20 bits per heavy atom. The van der Waals surface area contributed by atoms with E-state index >= 15 is 0 Å². The number of halogens is 1. The number of benzene rings is 4. The van der Waals surface area contributed by atoms with E-state index in [9.17, 15) is 4.79 Å². The van der Waals surface area contributed by atoms with Crippen LogP contribution in [0.4, 0.5) is 0 Å². The number of amides is 1. The van der Waals surface area contributed by atoms with Gasteiger partial charge in [0.1, 0.15) is 11.6 Å². The number of nitrogens with zero attached hydrogens (tertiary/aromatic N) is 3. The summed E-state index contributed by atoms with van der Waals surface area (Å²) in [4.78, 5) is 20.7. The third-order valence-electron chi connectivity index (χ3n) is 7.58. The van der Waals surface area contributed by atoms with E-state index in [2.05, 4.69) is 41.0 Å². The van der Waals surface area contributed by atoms with E-state index in [1.165, 1.54) is 11.1 Å². The van der Waals surface area contributed by atoms with Crippen molar-refractivity contribution in [2.24, 2.45) is 0 Å². The average molecular weight is 548 g/mol. The molecule has 0 aliphatic heterocycles. The highest BCUT2D eigenvalue weighted by atomic mass is 35.5. The first kappa shape index (κ1) is 25.9. The lowest BCUT2D eigenvalue weighted by atomic mass is 10.1. The fourth-order valence-corrected chi connectivity index (χ4v) is 5.81. The van der Waals surface area contributed by atoms with E-state index in [1.54, 1.807) is 19.2 Å². The van der Waals surface area contributed by atoms with Crippen LogP contribution in [-0.4, -0.2) is 27.5 Å². The fourth-order valence-electron chi connectivity index (χ4n) is 5.59. The number of imidazole rings is 1. The number of carbonyl (C=O) groups excluding carboxylic acids is 1. The van der Waals surface area contributed by atoms with Gasteiger partial charge in [-0.2, -0.15) is 0 Å². The highest BCUT2D eigenvalue weighted by Gasteiger charge is 2.29. The van der Waals surface area contributed by atoms with Crippen LogP contribution in [0.25, 0.3) is 11.4 Å². The lowest BCUT2D eigenvalue weighted by molar-refractivity contribution is 0.0725. The second kappa shape index (κ2) is 11.4. The molecule has 0 saturated heterocycles. The largest absolute Gasteiger partial charge is 0.497 e. The standard InChI is InChI=1S/C34H30ClN3O2/c1-40-30-17-15-24(16-18-30)22-37(34(39)31-13-7-8-14-32(31)35)23-29-21-36-33(25-9-3-2-4-10-25)38(29)28-19-26-11-5-6-12-27(26)20-28/h2-18,21,28H,19-20,22-23H2,1H3. The van der Waals surface area contributed by atoms with Crippen LogP contribution in [0.5, 0.6) is 5.75 Å². The molecule has 4 aromatic carbocycles. The van der Waals surface area contributed by atoms with Crippen LogP contribution in [0.3, 0.4) is 0 Å². The van der Waals surface area contributed by atoms with Crippen molar-refractivity contribution in [1.29, 1.82) is 0 Å². The molecule has 0 bridgehead atoms. The number of ether oxygens (including phenoxy) is 1. The summed E-state index contributed by atoms with van der Waals surface area (Å²) in [6.07, 6.45) is 3.78. The molecule has 5 aromatic rings. The van der Waals surface area contributed by atoms with Crippen molar-refractivity contribution in [3.63, 3.8) is 0 Å². The average Bonchev–Trinajstić information content (AvgIpc) is 3.61. The van der Waals surface area contributed by atoms with Crippen LogP contribution in [0, 0.1) is 0 Å². The van der Waals surface area contributed by atoms with Crippen LogP contribution in [-0.2, 0) is 25.9 Å². The maximum Gasteiger partial charge on any atom is 0.256 e. The summed E-state index contributed by atoms with van der Waals surface area (Å²) >= 11 is 6.50. The smallest absolute Gasteiger partial charge is 0.256 e. The van der Waals surface area contributed by atoms with Gasteiger partial charge >= 0.3 is 0 Å². The topological polar surface area (TPSA) is 47.4 Å². The van der Waals surface area contributed by atoms with Gasteiger partial charge in [-0.3, -0.25) is 4.79 Å². The number of methoxy groups -OCH3 is 1. The third-order valence-corrected chi connectivity index (χ3v) is 7.91. The van der Waals surface area contributed by atoms with Crippen LogP contribution >= 0.6 is 11.6 Å². The molecular formula is C34H30ClN3O2. The molecule has 0 fully saturated rings. The quantitative estimate of drug-likeness (QED) is 0.203. The molecule has 6 heteroatoms. The van der Waals surface area contributed by atoms with Crippen molar-refractivity contribution < 1.29 is 9.53 Å². The highest BCUT2D eigenvalue weighted by Crippen LogP contribution is 2.35. The van der Waals surface area contributed by atoms with E-state index in [4.69, 9.17) is 21.3 Å². The Balaban J connectivity index is 1.40. The van der Waals surface area contributed by atoms with Gasteiger partial charge in [-0.05, 0) is 53.8 Å². The minimum Gasteiger partial charge on any atom is -0.497 e. The van der Waals surface area contributed by atoms with Gasteiger partial charge in [0.25, 0.3) is 5.91 Å². The van der Waals surface area contributed by atoms with Crippen molar-refractivity contribution >= 4 is 17.5 Å². The first-order chi connectivity index (χ1) is 19.6. The van der Waals surface area contributed by atoms with E-state index in [1.807, 2.05) is 65.7 Å². The number of hydrogen-bond acceptors (Lipinski definition) is 3. The molecule has 0 N–H and O–H groups in total. The zero-order valence-electron chi connectivity index (χ0n) is 22.3. The second-order valence-electron chi connectivity index (χ2n) is 10.1. The lowest BCUT2D eigenvalue weighted by Gasteiger charge is -2.26. The van der Waals surface area contributed by atoms with Gasteiger partial charge < -0.3 is 14.2 Å². The summed E-state index contributed by atoms with van der Waals surface area (Å²) < 4.78 is 7.68. The molecule has 200 valence electrons. The van der Waals surface area contributed by atoms with E-state index < -0.39 is 0 Å². The van der Waals surface area contributed by atoms with E-state index in [0.717, 1.165) is 41.2 Å². The van der Waals surface area contributed by atoms with Gasteiger partial charge in [-0.1, -0.05) is 90.5 Å². The number of carbonyl (C=O) groups is 1. The molecule has 40 heavy (non-hydrogen) atoms. The Bertz CT molecular complexity index is 1600. The van der Waals surface area contributed by atoms with Crippen LogP contribution in [0.15, 0.2) is 109 Å². The zero-order valence-corrected chi connectivity index (χ0v) is 23.1. The van der Waals surface area contributed by atoms with Crippen LogP contribution < -0.4 is 4.74 Å². The molecule has 1 aromatic heterocycles. The molecule has 1 aliphatic rings. The lowest BCUT2D eigenvalue weighted by Crippen LogP contribution is -2.31. The first-order valence-electron chi connectivity index (χ1n) is 13.5. The molecule has 1 aliphatic carbocycles. The molecule has 1 amide bonds. The predicted molar refractivity (Wildman–Crippen MR) is 159 cm³/mol. The summed E-state index contributed by atoms with van der Waals surface area (Å²) in [6.45, 7) is 0.813. The highest BCUT2D eigenvalue weighted by molar-refractivity contribution is 6.33. The third kappa shape index (κ3) is 5.25. The van der Waals surface area contributed by atoms with Crippen LogP contribution in [0.2, 0.25) is 5.02 Å². The molecular weight excluding hydrogens is 518 g/mol. The van der Waals surface area contributed by atoms with Gasteiger partial charge in [0.2, 0.25) is 0 Å². The minimum absolute atomic E-state index is 0.120. The van der Waals surface area contributed by atoms with Gasteiger partial charge in [0, 0.05) is 18.2 Å². The Morgan fingerprint density at radius 2 is 1.52 bits per heavy atom. The minimum atomic E-state index is -0.120. The summed E-state index contributed by atoms with van der Waals surface area (Å²) in [5, 5.41) is 0.442. The number of aromatic nitrogens is 2. The van der Waals surface area contributed by atoms with E-state index in [-0.39, 0.29) is 11.9 Å². The monoisotopic (exact) mass is 547 g/mol. The second-order valence-corrected chi connectivity index (χ2v) is 10.5. The van der Waals surface area contributed by atoms with Crippen LogP contribution in [0.1, 0.15) is 38.8 Å². The number of rotatable bonds is 8. The van der Waals surface area contributed by atoms with Gasteiger partial charge in [-0.25, -0.2) is 4.98 Å².